The number of nitrogens with zero attached hydrogens (tertiary/aromatic N) is 2. The average Bonchev–Trinajstić information content (AvgIpc) is 3.11. The van der Waals surface area contributed by atoms with E-state index in [1.165, 1.54) is 10.4 Å². The number of para-hydroxylation sites is 2. The molecule has 1 N–H and O–H groups in total. The highest BCUT2D eigenvalue weighted by molar-refractivity contribution is 7.18. The molecule has 0 fully saturated rings. The van der Waals surface area contributed by atoms with Gasteiger partial charge in [-0.15, -0.1) is 11.3 Å². The third-order valence-corrected chi connectivity index (χ3v) is 7.16. The van der Waals surface area contributed by atoms with Crippen LogP contribution in [0.3, 0.4) is 0 Å². The van der Waals surface area contributed by atoms with E-state index in [1.807, 2.05) is 31.3 Å². The first-order chi connectivity index (χ1) is 14.5. The molecule has 0 radical (unpaired) electrons. The van der Waals surface area contributed by atoms with Crippen LogP contribution in [0.4, 0.5) is 0 Å². The van der Waals surface area contributed by atoms with Crippen LogP contribution in [0.5, 0.6) is 11.5 Å². The maximum atomic E-state index is 12.9. The van der Waals surface area contributed by atoms with Gasteiger partial charge >= 0.3 is 0 Å². The van der Waals surface area contributed by atoms with Crippen LogP contribution in [-0.4, -0.2) is 42.2 Å². The molecule has 160 valence electrons. The molecule has 0 saturated carbocycles. The second kappa shape index (κ2) is 8.78. The molecule has 0 aliphatic heterocycles. The zero-order valence-electron chi connectivity index (χ0n) is 18.0. The molecule has 0 amide bonds. The number of rotatable bonds is 7. The summed E-state index contributed by atoms with van der Waals surface area (Å²) in [5, 5.41) is 0.806. The number of thiophene rings is 1. The van der Waals surface area contributed by atoms with Crippen LogP contribution in [0.15, 0.2) is 29.1 Å². The number of H-pyrrole nitrogens is 1. The molecule has 7 heteroatoms. The molecular weight excluding hydrogens is 398 g/mol. The van der Waals surface area contributed by atoms with Crippen LogP contribution in [0, 0.1) is 5.92 Å². The molecule has 6 nitrogen and oxygen atoms in total. The number of likely N-dealkylation sites (N-methyl/N-ethyl adjacent to an activating group) is 1. The number of nitrogens with one attached hydrogen (secondary N) is 1. The van der Waals surface area contributed by atoms with E-state index in [2.05, 4.69) is 23.7 Å². The Bertz CT molecular complexity index is 1090. The van der Waals surface area contributed by atoms with E-state index in [0.29, 0.717) is 24.9 Å². The van der Waals surface area contributed by atoms with Crippen molar-refractivity contribution in [2.24, 2.45) is 5.92 Å². The van der Waals surface area contributed by atoms with Crippen molar-refractivity contribution >= 4 is 21.6 Å². The largest absolute Gasteiger partial charge is 0.493 e. The van der Waals surface area contributed by atoms with E-state index in [9.17, 15) is 4.79 Å². The molecule has 2 aromatic heterocycles. The zero-order chi connectivity index (χ0) is 21.3. The topological polar surface area (TPSA) is 67.5 Å². The number of ether oxygens (including phenoxy) is 2. The minimum absolute atomic E-state index is 0.00688. The monoisotopic (exact) mass is 427 g/mol. The molecule has 1 aliphatic rings. The summed E-state index contributed by atoms with van der Waals surface area (Å²) in [5.74, 6) is 2.84. The molecule has 1 aromatic carbocycles. The summed E-state index contributed by atoms with van der Waals surface area (Å²) in [7, 11) is 3.65. The first-order valence-electron chi connectivity index (χ1n) is 10.5. The average molecular weight is 428 g/mol. The van der Waals surface area contributed by atoms with Crippen LogP contribution in [0.2, 0.25) is 0 Å². The number of hydrogen-bond donors (Lipinski definition) is 1. The Hall–Kier alpha value is -2.38. The fourth-order valence-corrected chi connectivity index (χ4v) is 5.39. The van der Waals surface area contributed by atoms with Crippen LogP contribution in [-0.2, 0) is 12.8 Å². The summed E-state index contributed by atoms with van der Waals surface area (Å²) < 4.78 is 11.2. The van der Waals surface area contributed by atoms with Crippen molar-refractivity contribution in [3.8, 4) is 11.5 Å². The van der Waals surface area contributed by atoms with Gasteiger partial charge in [0.15, 0.2) is 11.5 Å². The molecule has 2 heterocycles. The van der Waals surface area contributed by atoms with Gasteiger partial charge < -0.3 is 14.5 Å². The van der Waals surface area contributed by atoms with E-state index in [1.54, 1.807) is 18.4 Å². The number of aryl methyl sites for hydroxylation is 1. The van der Waals surface area contributed by atoms with Crippen molar-refractivity contribution in [1.82, 2.24) is 14.9 Å². The Morgan fingerprint density at radius 1 is 1.33 bits per heavy atom. The van der Waals surface area contributed by atoms with Gasteiger partial charge in [0, 0.05) is 11.4 Å². The van der Waals surface area contributed by atoms with E-state index < -0.39 is 0 Å². The molecule has 2 atom stereocenters. The number of aromatic amines is 1. The maximum Gasteiger partial charge on any atom is 0.259 e. The van der Waals surface area contributed by atoms with Gasteiger partial charge in [-0.3, -0.25) is 9.69 Å². The van der Waals surface area contributed by atoms with E-state index in [0.717, 1.165) is 41.0 Å². The minimum Gasteiger partial charge on any atom is -0.493 e. The highest BCUT2D eigenvalue weighted by atomic mass is 32.1. The highest BCUT2D eigenvalue weighted by Gasteiger charge is 2.24. The van der Waals surface area contributed by atoms with E-state index >= 15 is 0 Å². The number of methoxy groups -OCH3 is 1. The first-order valence-corrected chi connectivity index (χ1v) is 11.3. The molecule has 4 rings (SSSR count). The molecule has 3 aromatic rings. The van der Waals surface area contributed by atoms with E-state index in [-0.39, 0.29) is 11.6 Å². The number of aromatic nitrogens is 2. The quantitative estimate of drug-likeness (QED) is 0.612. The fourth-order valence-electron chi connectivity index (χ4n) is 4.00. The molecule has 30 heavy (non-hydrogen) atoms. The lowest BCUT2D eigenvalue weighted by Gasteiger charge is -2.24. The van der Waals surface area contributed by atoms with E-state index in [4.69, 9.17) is 14.5 Å². The van der Waals surface area contributed by atoms with Gasteiger partial charge in [0.25, 0.3) is 5.56 Å². The van der Waals surface area contributed by atoms with Crippen molar-refractivity contribution in [2.45, 2.75) is 39.2 Å². The highest BCUT2D eigenvalue weighted by Crippen LogP contribution is 2.36. The van der Waals surface area contributed by atoms with Crippen LogP contribution in [0.1, 0.15) is 42.6 Å². The Morgan fingerprint density at radius 2 is 2.10 bits per heavy atom. The third kappa shape index (κ3) is 4.09. The predicted molar refractivity (Wildman–Crippen MR) is 121 cm³/mol. The van der Waals surface area contributed by atoms with Gasteiger partial charge in [-0.25, -0.2) is 4.98 Å². The summed E-state index contributed by atoms with van der Waals surface area (Å²) in [6.45, 7) is 5.54. The summed E-state index contributed by atoms with van der Waals surface area (Å²) in [5.41, 5.74) is 1.21. The van der Waals surface area contributed by atoms with Gasteiger partial charge in [0.2, 0.25) is 0 Å². The van der Waals surface area contributed by atoms with Crippen molar-refractivity contribution < 1.29 is 9.47 Å². The van der Waals surface area contributed by atoms with Crippen molar-refractivity contribution in [3.05, 3.63) is 50.9 Å². The number of fused-ring (bicyclic) bond motifs is 3. The number of hydrogen-bond acceptors (Lipinski definition) is 6. The maximum absolute atomic E-state index is 12.9. The second-order valence-corrected chi connectivity index (χ2v) is 9.22. The van der Waals surface area contributed by atoms with Gasteiger partial charge in [0.1, 0.15) is 17.3 Å². The number of benzene rings is 1. The van der Waals surface area contributed by atoms with Gasteiger partial charge in [-0.2, -0.15) is 0 Å². The molecule has 0 saturated heterocycles. The summed E-state index contributed by atoms with van der Waals surface area (Å²) >= 11 is 1.69. The third-order valence-electron chi connectivity index (χ3n) is 6.01. The Balaban J connectivity index is 1.47. The minimum atomic E-state index is -0.0265. The predicted octanol–water partition coefficient (Wildman–Crippen LogP) is 4.19. The standard InChI is InChI=1S/C23H29N3O3S/c1-14-9-10-16-19(13-14)30-23-20(16)22(27)24-21(25-23)15(2)26(3)11-12-29-18-8-6-5-7-17(18)28-4/h5-8,14-15H,9-13H2,1-4H3,(H,24,25,27). The molecule has 2 unspecified atom stereocenters. The van der Waals surface area contributed by atoms with Crippen molar-refractivity contribution in [1.29, 1.82) is 0 Å². The lowest BCUT2D eigenvalue weighted by molar-refractivity contribution is 0.192. The van der Waals surface area contributed by atoms with Gasteiger partial charge in [-0.05, 0) is 56.8 Å². The fraction of sp³-hybridized carbons (Fsp3) is 0.478. The van der Waals surface area contributed by atoms with Crippen LogP contribution >= 0.6 is 11.3 Å². The van der Waals surface area contributed by atoms with Crippen molar-refractivity contribution in [2.75, 3.05) is 27.3 Å². The summed E-state index contributed by atoms with van der Waals surface area (Å²) in [6, 6.07) is 7.60. The SMILES string of the molecule is COc1ccccc1OCCN(C)C(C)c1nc2sc3c(c2c(=O)[nH]1)CCC(C)C3. The van der Waals surface area contributed by atoms with Crippen LogP contribution in [0.25, 0.3) is 10.2 Å². The summed E-state index contributed by atoms with van der Waals surface area (Å²) in [4.78, 5) is 25.1. The molecule has 1 aliphatic carbocycles. The smallest absolute Gasteiger partial charge is 0.259 e. The normalized spacial score (nSPS) is 17.2. The molecular formula is C23H29N3O3S. The van der Waals surface area contributed by atoms with Crippen molar-refractivity contribution in [3.63, 3.8) is 0 Å². The lowest BCUT2D eigenvalue weighted by atomic mass is 9.89. The Labute approximate surface area is 180 Å². The first kappa shape index (κ1) is 20.9. The Morgan fingerprint density at radius 3 is 2.87 bits per heavy atom. The lowest BCUT2D eigenvalue weighted by Crippen LogP contribution is -2.29. The summed E-state index contributed by atoms with van der Waals surface area (Å²) in [6.07, 6.45) is 3.18. The van der Waals surface area contributed by atoms with Gasteiger partial charge in [0.05, 0.1) is 18.5 Å². The molecule has 0 bridgehead atoms. The Kier molecular flexibility index (Phi) is 6.11. The van der Waals surface area contributed by atoms with Gasteiger partial charge in [-0.1, -0.05) is 19.1 Å². The zero-order valence-corrected chi connectivity index (χ0v) is 18.8. The molecule has 0 spiro atoms. The second-order valence-electron chi connectivity index (χ2n) is 8.14. The van der Waals surface area contributed by atoms with Crippen LogP contribution < -0.4 is 15.0 Å².